The van der Waals surface area contributed by atoms with Gasteiger partial charge in [0.1, 0.15) is 5.75 Å². The number of nitrogens with zero attached hydrogens (tertiary/aromatic N) is 4. The SMILES string of the molecule is COc1ccc(-n2c(C)cc(-c3nc(C4CNCCN4C)no3)c2C)cc1.Cl. The van der Waals surface area contributed by atoms with Crippen molar-refractivity contribution in [3.8, 4) is 22.9 Å². The van der Waals surface area contributed by atoms with Gasteiger partial charge in [0, 0.05) is 36.7 Å². The van der Waals surface area contributed by atoms with Crippen LogP contribution < -0.4 is 10.1 Å². The van der Waals surface area contributed by atoms with Crippen molar-refractivity contribution >= 4 is 12.4 Å². The maximum absolute atomic E-state index is 5.62. The first-order valence-electron chi connectivity index (χ1n) is 9.17. The van der Waals surface area contributed by atoms with E-state index in [-0.39, 0.29) is 18.4 Å². The number of nitrogens with one attached hydrogen (secondary N) is 1. The second-order valence-corrected chi connectivity index (χ2v) is 6.98. The van der Waals surface area contributed by atoms with Crippen LogP contribution in [0.5, 0.6) is 5.75 Å². The van der Waals surface area contributed by atoms with Gasteiger partial charge >= 0.3 is 0 Å². The van der Waals surface area contributed by atoms with Gasteiger partial charge in [-0.2, -0.15) is 4.98 Å². The lowest BCUT2D eigenvalue weighted by molar-refractivity contribution is 0.190. The zero-order chi connectivity index (χ0) is 19.0. The predicted octanol–water partition coefficient (Wildman–Crippen LogP) is 3.15. The minimum absolute atomic E-state index is 0. The van der Waals surface area contributed by atoms with Gasteiger partial charge < -0.3 is 19.1 Å². The first-order valence-corrected chi connectivity index (χ1v) is 9.17. The summed E-state index contributed by atoms with van der Waals surface area (Å²) in [6.07, 6.45) is 0. The maximum atomic E-state index is 5.62. The fourth-order valence-corrected chi connectivity index (χ4v) is 3.68. The molecular formula is C20H26ClN5O2. The van der Waals surface area contributed by atoms with E-state index >= 15 is 0 Å². The van der Waals surface area contributed by atoms with Crippen LogP contribution in [0, 0.1) is 13.8 Å². The van der Waals surface area contributed by atoms with Crippen molar-refractivity contribution in [2.45, 2.75) is 19.9 Å². The smallest absolute Gasteiger partial charge is 0.259 e. The predicted molar refractivity (Wildman–Crippen MR) is 111 cm³/mol. The number of hydrogen-bond acceptors (Lipinski definition) is 6. The topological polar surface area (TPSA) is 68.3 Å². The number of ether oxygens (including phenoxy) is 1. The van der Waals surface area contributed by atoms with Crippen molar-refractivity contribution in [3.05, 3.63) is 47.5 Å². The molecule has 1 saturated heterocycles. The highest BCUT2D eigenvalue weighted by Crippen LogP contribution is 2.30. The van der Waals surface area contributed by atoms with Crippen LogP contribution in [0.3, 0.4) is 0 Å². The number of aryl methyl sites for hydroxylation is 1. The van der Waals surface area contributed by atoms with E-state index in [1.807, 2.05) is 24.3 Å². The lowest BCUT2D eigenvalue weighted by Crippen LogP contribution is -2.44. The molecule has 1 aliphatic heterocycles. The molecule has 2 aromatic heterocycles. The Hall–Kier alpha value is -2.35. The molecule has 0 amide bonds. The maximum Gasteiger partial charge on any atom is 0.259 e. The second-order valence-electron chi connectivity index (χ2n) is 6.98. The number of hydrogen-bond donors (Lipinski definition) is 1. The van der Waals surface area contributed by atoms with Crippen LogP contribution in [0.4, 0.5) is 0 Å². The molecule has 8 heteroatoms. The number of benzene rings is 1. The van der Waals surface area contributed by atoms with Crippen LogP contribution in [0.15, 0.2) is 34.9 Å². The van der Waals surface area contributed by atoms with E-state index < -0.39 is 0 Å². The highest BCUT2D eigenvalue weighted by molar-refractivity contribution is 5.85. The highest BCUT2D eigenvalue weighted by atomic mass is 35.5. The van der Waals surface area contributed by atoms with E-state index in [4.69, 9.17) is 14.2 Å². The third-order valence-electron chi connectivity index (χ3n) is 5.24. The van der Waals surface area contributed by atoms with Gasteiger partial charge in [-0.15, -0.1) is 12.4 Å². The monoisotopic (exact) mass is 403 g/mol. The Bertz CT molecular complexity index is 935. The molecule has 1 atom stereocenters. The zero-order valence-corrected chi connectivity index (χ0v) is 17.4. The van der Waals surface area contributed by atoms with Crippen LogP contribution in [0.1, 0.15) is 23.3 Å². The van der Waals surface area contributed by atoms with Gasteiger partial charge in [0.25, 0.3) is 5.89 Å². The molecule has 28 heavy (non-hydrogen) atoms. The average molecular weight is 404 g/mol. The molecule has 1 unspecified atom stereocenters. The van der Waals surface area contributed by atoms with Crippen LogP contribution in [0.2, 0.25) is 0 Å². The summed E-state index contributed by atoms with van der Waals surface area (Å²) in [7, 11) is 3.77. The number of rotatable bonds is 4. The van der Waals surface area contributed by atoms with Gasteiger partial charge in [0.2, 0.25) is 0 Å². The van der Waals surface area contributed by atoms with Gasteiger partial charge in [-0.1, -0.05) is 5.16 Å². The molecule has 7 nitrogen and oxygen atoms in total. The summed E-state index contributed by atoms with van der Waals surface area (Å²) in [5.41, 5.74) is 4.23. The molecule has 0 aliphatic carbocycles. The number of halogens is 1. The molecule has 1 fully saturated rings. The van der Waals surface area contributed by atoms with Gasteiger partial charge in [-0.25, -0.2) is 0 Å². The molecule has 0 saturated carbocycles. The van der Waals surface area contributed by atoms with Gasteiger partial charge in [0.05, 0.1) is 18.7 Å². The number of likely N-dealkylation sites (N-methyl/N-ethyl adjacent to an activating group) is 1. The summed E-state index contributed by atoms with van der Waals surface area (Å²) in [4.78, 5) is 6.95. The van der Waals surface area contributed by atoms with Crippen molar-refractivity contribution in [2.75, 3.05) is 33.8 Å². The Morgan fingerprint density at radius 2 is 1.96 bits per heavy atom. The van der Waals surface area contributed by atoms with Crippen LogP contribution in [-0.4, -0.2) is 53.4 Å². The number of piperazine rings is 1. The average Bonchev–Trinajstić information content (AvgIpc) is 3.27. The largest absolute Gasteiger partial charge is 0.497 e. The second kappa shape index (κ2) is 8.34. The number of aromatic nitrogens is 3. The standard InChI is InChI=1S/C20H25N5O2.ClH/c1-13-11-17(14(2)25(13)15-5-7-16(26-4)8-6-15)20-22-19(23-27-20)18-12-21-9-10-24(18)3;/h5-8,11,18,21H,9-10,12H2,1-4H3;1H. The molecule has 1 N–H and O–H groups in total. The van der Waals surface area contributed by atoms with E-state index in [1.54, 1.807) is 7.11 Å². The molecule has 0 spiro atoms. The van der Waals surface area contributed by atoms with Gasteiger partial charge in [0.15, 0.2) is 5.82 Å². The fourth-order valence-electron chi connectivity index (χ4n) is 3.68. The Morgan fingerprint density at radius 3 is 2.64 bits per heavy atom. The minimum Gasteiger partial charge on any atom is -0.497 e. The third kappa shape index (κ3) is 3.65. The molecule has 150 valence electrons. The van der Waals surface area contributed by atoms with E-state index in [0.717, 1.165) is 53.8 Å². The molecule has 0 radical (unpaired) electrons. The van der Waals surface area contributed by atoms with Crippen molar-refractivity contribution in [1.82, 2.24) is 24.9 Å². The van der Waals surface area contributed by atoms with Gasteiger partial charge in [-0.3, -0.25) is 4.90 Å². The summed E-state index contributed by atoms with van der Waals surface area (Å²) < 4.78 is 13.1. The normalized spacial score (nSPS) is 17.4. The van der Waals surface area contributed by atoms with E-state index in [9.17, 15) is 0 Å². The summed E-state index contributed by atoms with van der Waals surface area (Å²) in [6.45, 7) is 6.95. The lowest BCUT2D eigenvalue weighted by atomic mass is 10.2. The van der Waals surface area contributed by atoms with E-state index in [0.29, 0.717) is 5.89 Å². The van der Waals surface area contributed by atoms with E-state index in [1.165, 1.54) is 0 Å². The Balaban J connectivity index is 0.00000225. The lowest BCUT2D eigenvalue weighted by Gasteiger charge is -2.30. The summed E-state index contributed by atoms with van der Waals surface area (Å²) in [5.74, 6) is 2.14. The van der Waals surface area contributed by atoms with Crippen molar-refractivity contribution in [3.63, 3.8) is 0 Å². The fraction of sp³-hybridized carbons (Fsp3) is 0.400. The third-order valence-corrected chi connectivity index (χ3v) is 5.24. The van der Waals surface area contributed by atoms with Crippen LogP contribution in [0.25, 0.3) is 17.1 Å². The first-order chi connectivity index (χ1) is 13.1. The van der Waals surface area contributed by atoms with Crippen LogP contribution >= 0.6 is 12.4 Å². The van der Waals surface area contributed by atoms with Crippen molar-refractivity contribution < 1.29 is 9.26 Å². The minimum atomic E-state index is 0. The van der Waals surface area contributed by atoms with Crippen LogP contribution in [-0.2, 0) is 0 Å². The molecule has 3 heterocycles. The molecule has 1 aromatic carbocycles. The first kappa shape index (κ1) is 20.4. The van der Waals surface area contributed by atoms with Crippen molar-refractivity contribution in [1.29, 1.82) is 0 Å². The molecule has 3 aromatic rings. The number of methoxy groups -OCH3 is 1. The summed E-state index contributed by atoms with van der Waals surface area (Å²) >= 11 is 0. The molecule has 1 aliphatic rings. The summed E-state index contributed by atoms with van der Waals surface area (Å²) in [5, 5.41) is 7.64. The van der Waals surface area contributed by atoms with Gasteiger partial charge in [-0.05, 0) is 51.2 Å². The summed E-state index contributed by atoms with van der Waals surface area (Å²) in [6, 6.07) is 10.3. The Labute approximate surface area is 171 Å². The molecule has 4 rings (SSSR count). The highest BCUT2D eigenvalue weighted by Gasteiger charge is 2.26. The quantitative estimate of drug-likeness (QED) is 0.721. The zero-order valence-electron chi connectivity index (χ0n) is 16.6. The van der Waals surface area contributed by atoms with E-state index in [2.05, 4.69) is 46.9 Å². The Kier molecular flexibility index (Phi) is 6.07. The Morgan fingerprint density at radius 1 is 1.21 bits per heavy atom. The molecular weight excluding hydrogens is 378 g/mol. The van der Waals surface area contributed by atoms with Crippen molar-refractivity contribution in [2.24, 2.45) is 0 Å². The molecule has 0 bridgehead atoms.